The van der Waals surface area contributed by atoms with Gasteiger partial charge in [-0.1, -0.05) is 18.2 Å². The van der Waals surface area contributed by atoms with Crippen molar-refractivity contribution in [3.63, 3.8) is 0 Å². The molecule has 3 rings (SSSR count). The third-order valence-corrected chi connectivity index (χ3v) is 5.82. The van der Waals surface area contributed by atoms with E-state index in [1.807, 2.05) is 0 Å². The number of ketones is 1. The predicted molar refractivity (Wildman–Crippen MR) is 98.3 cm³/mol. The number of Topliss-reactive ketones (excluding diaryl/α,β-unsaturated/α-hetero) is 1. The second-order valence-corrected chi connectivity index (χ2v) is 8.11. The van der Waals surface area contributed by atoms with E-state index >= 15 is 0 Å². The molecular weight excluding hydrogens is 386 g/mol. The first-order valence-corrected chi connectivity index (χ1v) is 10.2. The topological polar surface area (TPSA) is 101 Å². The Bertz CT molecular complexity index is 930. The van der Waals surface area contributed by atoms with Crippen molar-refractivity contribution in [3.05, 3.63) is 54.4 Å². The lowest BCUT2D eigenvalue weighted by molar-refractivity contribution is -0.192. The molecule has 0 radical (unpaired) electrons. The van der Waals surface area contributed by atoms with Crippen LogP contribution in [0.25, 0.3) is 0 Å². The van der Waals surface area contributed by atoms with Crippen molar-refractivity contribution >= 4 is 21.8 Å². The molecule has 8 nitrogen and oxygen atoms in total. The number of hydrogen-bond acceptors (Lipinski definition) is 7. The molecule has 0 spiro atoms. The standard InChI is InChI=1S/C19H21NO7S/c1-14(21)27-17(12-18-25-10-5-11-26-18)19(22)15-8-9-20(13-15)28(23,24)16-6-3-2-4-7-16/h2-4,6-9,13,17-18H,5,10-12H2,1H3. The number of aromatic nitrogens is 1. The number of ether oxygens (including phenoxy) is 3. The van der Waals surface area contributed by atoms with Gasteiger partial charge in [0.15, 0.2) is 12.4 Å². The summed E-state index contributed by atoms with van der Waals surface area (Å²) in [6, 6.07) is 9.25. The van der Waals surface area contributed by atoms with Crippen LogP contribution in [-0.2, 0) is 29.0 Å². The van der Waals surface area contributed by atoms with E-state index in [9.17, 15) is 18.0 Å². The van der Waals surface area contributed by atoms with Crippen molar-refractivity contribution in [2.24, 2.45) is 0 Å². The molecule has 0 saturated carbocycles. The van der Waals surface area contributed by atoms with Crippen LogP contribution in [0.3, 0.4) is 0 Å². The van der Waals surface area contributed by atoms with E-state index < -0.39 is 34.2 Å². The maximum atomic E-state index is 12.8. The lowest BCUT2D eigenvalue weighted by atomic mass is 10.1. The van der Waals surface area contributed by atoms with Gasteiger partial charge in [0.05, 0.1) is 18.1 Å². The maximum Gasteiger partial charge on any atom is 0.303 e. The molecule has 150 valence electrons. The van der Waals surface area contributed by atoms with Gasteiger partial charge in [-0.15, -0.1) is 0 Å². The Balaban J connectivity index is 1.81. The van der Waals surface area contributed by atoms with Crippen molar-refractivity contribution in [2.75, 3.05) is 13.2 Å². The minimum Gasteiger partial charge on any atom is -0.454 e. The van der Waals surface area contributed by atoms with E-state index in [4.69, 9.17) is 14.2 Å². The molecule has 2 aromatic rings. The SMILES string of the molecule is CC(=O)OC(CC1OCCCO1)C(=O)c1ccn(S(=O)(=O)c2ccccc2)c1. The molecule has 1 aromatic carbocycles. The molecule has 2 heterocycles. The van der Waals surface area contributed by atoms with Gasteiger partial charge in [-0.05, 0) is 24.6 Å². The van der Waals surface area contributed by atoms with Gasteiger partial charge in [0.2, 0.25) is 5.78 Å². The Morgan fingerprint density at radius 2 is 1.86 bits per heavy atom. The molecule has 1 fully saturated rings. The smallest absolute Gasteiger partial charge is 0.303 e. The summed E-state index contributed by atoms with van der Waals surface area (Å²) < 4.78 is 42.3. The molecular formula is C19H21NO7S. The van der Waals surface area contributed by atoms with Crippen LogP contribution in [0.4, 0.5) is 0 Å². The van der Waals surface area contributed by atoms with Crippen LogP contribution in [0.2, 0.25) is 0 Å². The molecule has 1 aromatic heterocycles. The quantitative estimate of drug-likeness (QED) is 0.511. The zero-order valence-corrected chi connectivity index (χ0v) is 16.1. The van der Waals surface area contributed by atoms with Crippen LogP contribution in [0.15, 0.2) is 53.7 Å². The molecule has 1 saturated heterocycles. The van der Waals surface area contributed by atoms with Gasteiger partial charge >= 0.3 is 5.97 Å². The predicted octanol–water partition coefficient (Wildman–Crippen LogP) is 1.99. The zero-order valence-electron chi connectivity index (χ0n) is 15.3. The van der Waals surface area contributed by atoms with Gasteiger partial charge < -0.3 is 14.2 Å². The van der Waals surface area contributed by atoms with E-state index in [1.165, 1.54) is 37.5 Å². The van der Waals surface area contributed by atoms with Crippen LogP contribution in [0.1, 0.15) is 30.1 Å². The summed E-state index contributed by atoms with van der Waals surface area (Å²) in [4.78, 5) is 24.4. The number of esters is 1. The Labute approximate surface area is 163 Å². The van der Waals surface area contributed by atoms with Gasteiger partial charge in [-0.3, -0.25) is 9.59 Å². The van der Waals surface area contributed by atoms with E-state index in [0.29, 0.717) is 13.2 Å². The molecule has 28 heavy (non-hydrogen) atoms. The molecule has 0 bridgehead atoms. The molecule has 1 atom stereocenters. The Hall–Kier alpha value is -2.49. The van der Waals surface area contributed by atoms with Gasteiger partial charge in [0.1, 0.15) is 0 Å². The number of carbonyl (C=O) groups excluding carboxylic acids is 2. The highest BCUT2D eigenvalue weighted by atomic mass is 32.2. The van der Waals surface area contributed by atoms with E-state index in [0.717, 1.165) is 10.4 Å². The lowest BCUT2D eigenvalue weighted by Crippen LogP contribution is -2.35. The van der Waals surface area contributed by atoms with Gasteiger partial charge in [-0.25, -0.2) is 12.4 Å². The second kappa shape index (κ2) is 8.68. The van der Waals surface area contributed by atoms with Crippen molar-refractivity contribution in [1.82, 2.24) is 3.97 Å². The minimum absolute atomic E-state index is 0.0367. The first-order valence-electron chi connectivity index (χ1n) is 8.81. The summed E-state index contributed by atoms with van der Waals surface area (Å²) in [5.41, 5.74) is 0.113. The van der Waals surface area contributed by atoms with Crippen molar-refractivity contribution in [1.29, 1.82) is 0 Å². The third-order valence-electron chi connectivity index (χ3n) is 4.17. The number of carbonyl (C=O) groups is 2. The molecule has 9 heteroatoms. The van der Waals surface area contributed by atoms with Gasteiger partial charge in [0, 0.05) is 31.3 Å². The lowest BCUT2D eigenvalue weighted by Gasteiger charge is -2.26. The highest BCUT2D eigenvalue weighted by molar-refractivity contribution is 7.90. The second-order valence-electron chi connectivity index (χ2n) is 6.27. The molecule has 0 amide bonds. The molecule has 1 unspecified atom stereocenters. The van der Waals surface area contributed by atoms with Crippen LogP contribution < -0.4 is 0 Å². The number of benzene rings is 1. The highest BCUT2D eigenvalue weighted by Crippen LogP contribution is 2.19. The summed E-state index contributed by atoms with van der Waals surface area (Å²) in [7, 11) is -3.82. The Kier molecular flexibility index (Phi) is 6.28. The summed E-state index contributed by atoms with van der Waals surface area (Å²) in [6.07, 6.45) is 1.50. The Morgan fingerprint density at radius 1 is 1.18 bits per heavy atom. The molecule has 0 N–H and O–H groups in total. The zero-order chi connectivity index (χ0) is 20.1. The maximum absolute atomic E-state index is 12.8. The summed E-state index contributed by atoms with van der Waals surface area (Å²) in [5.74, 6) is -1.14. The molecule has 0 aliphatic carbocycles. The van der Waals surface area contributed by atoms with Crippen molar-refractivity contribution < 1.29 is 32.2 Å². The fraction of sp³-hybridized carbons (Fsp3) is 0.368. The number of rotatable bonds is 7. The molecule has 1 aliphatic rings. The average Bonchev–Trinajstić information content (AvgIpc) is 3.19. The minimum atomic E-state index is -3.82. The first-order chi connectivity index (χ1) is 13.4. The third kappa shape index (κ3) is 4.67. The fourth-order valence-corrected chi connectivity index (χ4v) is 4.05. The summed E-state index contributed by atoms with van der Waals surface area (Å²) in [6.45, 7) is 2.20. The molecule has 1 aliphatic heterocycles. The highest BCUT2D eigenvalue weighted by Gasteiger charge is 2.30. The van der Waals surface area contributed by atoms with Gasteiger partial charge in [-0.2, -0.15) is 0 Å². The van der Waals surface area contributed by atoms with Crippen LogP contribution in [0, 0.1) is 0 Å². The fourth-order valence-electron chi connectivity index (χ4n) is 2.83. The average molecular weight is 407 g/mol. The largest absolute Gasteiger partial charge is 0.454 e. The number of nitrogens with zero attached hydrogens (tertiary/aromatic N) is 1. The van der Waals surface area contributed by atoms with E-state index in [-0.39, 0.29) is 16.9 Å². The van der Waals surface area contributed by atoms with Crippen LogP contribution >= 0.6 is 0 Å². The summed E-state index contributed by atoms with van der Waals surface area (Å²) >= 11 is 0. The van der Waals surface area contributed by atoms with Crippen molar-refractivity contribution in [3.8, 4) is 0 Å². The van der Waals surface area contributed by atoms with E-state index in [2.05, 4.69) is 0 Å². The van der Waals surface area contributed by atoms with Crippen LogP contribution in [-0.4, -0.2) is 49.8 Å². The van der Waals surface area contributed by atoms with E-state index in [1.54, 1.807) is 18.2 Å². The first kappa shape index (κ1) is 20.2. The normalized spacial score (nSPS) is 16.5. The van der Waals surface area contributed by atoms with Gasteiger partial charge in [0.25, 0.3) is 10.0 Å². The Morgan fingerprint density at radius 3 is 2.50 bits per heavy atom. The number of hydrogen-bond donors (Lipinski definition) is 0. The van der Waals surface area contributed by atoms with Crippen molar-refractivity contribution in [2.45, 2.75) is 37.1 Å². The monoisotopic (exact) mass is 407 g/mol. The van der Waals surface area contributed by atoms with Crippen LogP contribution in [0.5, 0.6) is 0 Å². The summed E-state index contributed by atoms with van der Waals surface area (Å²) in [5, 5.41) is 0.